The third kappa shape index (κ3) is 8.14. The lowest BCUT2D eigenvalue weighted by atomic mass is 9.72. The van der Waals surface area contributed by atoms with Gasteiger partial charge in [-0.25, -0.2) is 0 Å². The fourth-order valence-corrected chi connectivity index (χ4v) is 8.87. The molecule has 250 valence electrons. The van der Waals surface area contributed by atoms with Gasteiger partial charge >= 0.3 is 0 Å². The summed E-state index contributed by atoms with van der Waals surface area (Å²) >= 11 is 0. The topological polar surface area (TPSA) is 127 Å². The van der Waals surface area contributed by atoms with Crippen LogP contribution in [0.3, 0.4) is 0 Å². The fourth-order valence-electron chi connectivity index (χ4n) is 8.87. The molecule has 6 aliphatic rings. The van der Waals surface area contributed by atoms with E-state index in [1.165, 1.54) is 19.3 Å². The summed E-state index contributed by atoms with van der Waals surface area (Å²) in [6.45, 7) is 10.0. The van der Waals surface area contributed by atoms with E-state index in [0.29, 0.717) is 49.8 Å². The molecule has 10 atom stereocenters. The van der Waals surface area contributed by atoms with E-state index in [1.54, 1.807) is 6.92 Å². The highest BCUT2D eigenvalue weighted by Crippen LogP contribution is 2.37. The Balaban J connectivity index is 0.949. The predicted octanol–water partition coefficient (Wildman–Crippen LogP) is 0.805. The van der Waals surface area contributed by atoms with Gasteiger partial charge in [0.05, 0.1) is 31.6 Å². The minimum atomic E-state index is -0.592. The zero-order chi connectivity index (χ0) is 30.6. The van der Waals surface area contributed by atoms with Gasteiger partial charge in [-0.05, 0) is 96.2 Å². The number of nitrogens with one attached hydrogen (secondary N) is 4. The average Bonchev–Trinajstić information content (AvgIpc) is 3.44. The SMILES string of the molecule is CC(=O)N1CC(NC2CC(C(=O)NC[C@@H](O)[C@@H]3CC4CCC(OCC5OCNC5C)CC4CN3)CC(N3CCCCC3)C2)C1. The molecule has 2 saturated carbocycles. The number of hydrogen-bond acceptors (Lipinski definition) is 9. The number of rotatable bonds is 10. The number of fused-ring (bicyclic) bond motifs is 1. The van der Waals surface area contributed by atoms with Crippen LogP contribution in [0.25, 0.3) is 0 Å². The molecule has 5 N–H and O–H groups in total. The Kier molecular flexibility index (Phi) is 11.1. The van der Waals surface area contributed by atoms with E-state index in [0.717, 1.165) is 77.7 Å². The largest absolute Gasteiger partial charge is 0.390 e. The first-order valence-corrected chi connectivity index (χ1v) is 17.7. The maximum absolute atomic E-state index is 13.5. The molecule has 0 aromatic carbocycles. The molecule has 0 spiro atoms. The van der Waals surface area contributed by atoms with E-state index < -0.39 is 6.10 Å². The maximum Gasteiger partial charge on any atom is 0.223 e. The zero-order valence-corrected chi connectivity index (χ0v) is 27.1. The number of carbonyl (C=O) groups excluding carboxylic acids is 2. The van der Waals surface area contributed by atoms with Gasteiger partial charge in [0.1, 0.15) is 0 Å². The van der Waals surface area contributed by atoms with Gasteiger partial charge in [0.2, 0.25) is 11.8 Å². The van der Waals surface area contributed by atoms with Crippen LogP contribution in [0.1, 0.15) is 78.1 Å². The van der Waals surface area contributed by atoms with Crippen molar-refractivity contribution in [2.24, 2.45) is 17.8 Å². The summed E-state index contributed by atoms with van der Waals surface area (Å²) in [5.41, 5.74) is 0. The normalized spacial score (nSPS) is 39.3. The zero-order valence-electron chi connectivity index (χ0n) is 27.1. The molecule has 11 nitrogen and oxygen atoms in total. The van der Waals surface area contributed by atoms with Gasteiger partial charge in [-0.3, -0.25) is 14.9 Å². The first-order valence-electron chi connectivity index (χ1n) is 17.7. The van der Waals surface area contributed by atoms with Crippen LogP contribution < -0.4 is 21.3 Å². The molecule has 0 bridgehead atoms. The third-order valence-corrected chi connectivity index (χ3v) is 11.8. The van der Waals surface area contributed by atoms with Crippen molar-refractivity contribution in [1.29, 1.82) is 0 Å². The lowest BCUT2D eigenvalue weighted by molar-refractivity contribution is -0.133. The van der Waals surface area contributed by atoms with Crippen LogP contribution in [-0.4, -0.2) is 128 Å². The molecule has 2 aliphatic carbocycles. The van der Waals surface area contributed by atoms with Crippen molar-refractivity contribution in [3.63, 3.8) is 0 Å². The molecular weight excluding hydrogens is 560 g/mol. The molecule has 11 heteroatoms. The summed E-state index contributed by atoms with van der Waals surface area (Å²) in [6.07, 6.45) is 10.6. The Hall–Kier alpha value is -1.34. The van der Waals surface area contributed by atoms with Crippen LogP contribution in [0.2, 0.25) is 0 Å². The van der Waals surface area contributed by atoms with Gasteiger partial charge in [0.25, 0.3) is 0 Å². The number of carbonyl (C=O) groups is 2. The summed E-state index contributed by atoms with van der Waals surface area (Å²) in [5, 5.41) is 25.0. The van der Waals surface area contributed by atoms with Gasteiger partial charge < -0.3 is 40.3 Å². The second-order valence-electron chi connectivity index (χ2n) is 14.8. The minimum Gasteiger partial charge on any atom is -0.390 e. The van der Waals surface area contributed by atoms with Crippen molar-refractivity contribution in [3.8, 4) is 0 Å². The van der Waals surface area contributed by atoms with Gasteiger partial charge in [-0.1, -0.05) is 6.42 Å². The lowest BCUT2D eigenvalue weighted by Crippen LogP contribution is -2.63. The maximum atomic E-state index is 13.5. The molecule has 2 amide bonds. The predicted molar refractivity (Wildman–Crippen MR) is 168 cm³/mol. The molecule has 0 aromatic heterocycles. The second kappa shape index (κ2) is 15.0. The highest BCUT2D eigenvalue weighted by atomic mass is 16.5. The molecule has 4 saturated heterocycles. The highest BCUT2D eigenvalue weighted by Gasteiger charge is 2.41. The summed E-state index contributed by atoms with van der Waals surface area (Å²) < 4.78 is 12.0. The van der Waals surface area contributed by atoms with Crippen LogP contribution in [0.5, 0.6) is 0 Å². The first-order chi connectivity index (χ1) is 21.3. The van der Waals surface area contributed by atoms with E-state index in [4.69, 9.17) is 9.47 Å². The molecule has 44 heavy (non-hydrogen) atoms. The van der Waals surface area contributed by atoms with Crippen molar-refractivity contribution in [2.75, 3.05) is 52.6 Å². The van der Waals surface area contributed by atoms with Crippen molar-refractivity contribution < 1.29 is 24.2 Å². The number of nitrogens with zero attached hydrogens (tertiary/aromatic N) is 2. The smallest absolute Gasteiger partial charge is 0.223 e. The van der Waals surface area contributed by atoms with Gasteiger partial charge in [-0.15, -0.1) is 0 Å². The third-order valence-electron chi connectivity index (χ3n) is 11.8. The Morgan fingerprint density at radius 2 is 1.82 bits per heavy atom. The van der Waals surface area contributed by atoms with Crippen molar-refractivity contribution in [1.82, 2.24) is 31.1 Å². The number of ether oxygens (including phenoxy) is 2. The molecule has 4 aliphatic heterocycles. The molecule has 0 radical (unpaired) electrons. The Bertz CT molecular complexity index is 961. The van der Waals surface area contributed by atoms with Crippen LogP contribution in [0, 0.1) is 17.8 Å². The summed E-state index contributed by atoms with van der Waals surface area (Å²) in [5.74, 6) is 1.32. The number of likely N-dealkylation sites (tertiary alicyclic amines) is 2. The van der Waals surface area contributed by atoms with Crippen LogP contribution >= 0.6 is 0 Å². The van der Waals surface area contributed by atoms with Gasteiger partial charge in [0, 0.05) is 62.7 Å². The summed E-state index contributed by atoms with van der Waals surface area (Å²) in [6, 6.07) is 1.35. The number of aliphatic hydroxyl groups excluding tert-OH is 1. The molecule has 6 fully saturated rings. The van der Waals surface area contributed by atoms with E-state index in [-0.39, 0.29) is 42.0 Å². The Morgan fingerprint density at radius 3 is 2.57 bits per heavy atom. The Morgan fingerprint density at radius 1 is 1.00 bits per heavy atom. The van der Waals surface area contributed by atoms with E-state index in [1.807, 2.05) is 4.90 Å². The average molecular weight is 619 g/mol. The molecule has 4 heterocycles. The Labute approximate surface area is 263 Å². The standard InChI is InChI=1S/C33H58N6O5/c1-21-32(44-20-36-21)19-43-29-7-6-23-13-30(34-15-25(23)12-29)31(41)16-35-33(42)24-10-26(37-27-17-39(18-27)22(2)40)14-28(11-24)38-8-4-3-5-9-38/h21,23-32,34,36-37,41H,3-20H2,1-2H3,(H,35,42)/t21?,23?,24?,25?,26?,28?,29?,30-,31+,32?/m0/s1. The quantitative estimate of drug-likeness (QED) is 0.242. The summed E-state index contributed by atoms with van der Waals surface area (Å²) in [4.78, 5) is 29.7. The highest BCUT2D eigenvalue weighted by molar-refractivity contribution is 5.79. The number of piperidine rings is 2. The lowest BCUT2D eigenvalue weighted by Gasteiger charge is -2.46. The van der Waals surface area contributed by atoms with Crippen molar-refractivity contribution in [3.05, 3.63) is 0 Å². The van der Waals surface area contributed by atoms with E-state index in [2.05, 4.69) is 33.1 Å². The van der Waals surface area contributed by atoms with Crippen LogP contribution in [-0.2, 0) is 19.1 Å². The second-order valence-corrected chi connectivity index (χ2v) is 14.8. The van der Waals surface area contributed by atoms with Gasteiger partial charge in [0.15, 0.2) is 0 Å². The van der Waals surface area contributed by atoms with Crippen LogP contribution in [0.15, 0.2) is 0 Å². The minimum absolute atomic E-state index is 0.0116. The fraction of sp³-hybridized carbons (Fsp3) is 0.939. The number of amides is 2. The first kappa shape index (κ1) is 32.6. The van der Waals surface area contributed by atoms with Crippen LogP contribution in [0.4, 0.5) is 0 Å². The monoisotopic (exact) mass is 618 g/mol. The molecule has 8 unspecified atom stereocenters. The van der Waals surface area contributed by atoms with E-state index >= 15 is 0 Å². The van der Waals surface area contributed by atoms with Crippen molar-refractivity contribution in [2.45, 2.75) is 127 Å². The number of aliphatic hydroxyl groups is 1. The van der Waals surface area contributed by atoms with Gasteiger partial charge in [-0.2, -0.15) is 0 Å². The number of hydrogen-bond donors (Lipinski definition) is 5. The van der Waals surface area contributed by atoms with E-state index in [9.17, 15) is 14.7 Å². The molecule has 6 rings (SSSR count). The summed E-state index contributed by atoms with van der Waals surface area (Å²) in [7, 11) is 0. The van der Waals surface area contributed by atoms with Crippen molar-refractivity contribution >= 4 is 11.8 Å². The molecule has 0 aromatic rings. The molecular formula is C33H58N6O5.